The second-order valence-electron chi connectivity index (χ2n) is 18.2. The smallest absolute Gasteiger partial charge is 0.399 e. The summed E-state index contributed by atoms with van der Waals surface area (Å²) in [6, 6.07) is 20.3. The molecule has 0 amide bonds. The number of fused-ring (bicyclic) bond motifs is 3. The maximum atomic E-state index is 6.50. The molecule has 4 aromatic carbocycles. The predicted octanol–water partition coefficient (Wildman–Crippen LogP) is 12.6. The first-order valence-corrected chi connectivity index (χ1v) is 24.0. The molecule has 0 N–H and O–H groups in total. The van der Waals surface area contributed by atoms with Crippen molar-refractivity contribution in [2.75, 3.05) is 0 Å². The third kappa shape index (κ3) is 6.67. The van der Waals surface area contributed by atoms with Crippen LogP contribution >= 0.6 is 0 Å². The van der Waals surface area contributed by atoms with Gasteiger partial charge in [-0.25, -0.2) is 0 Å². The second kappa shape index (κ2) is 14.2. The van der Waals surface area contributed by atoms with Gasteiger partial charge in [0.2, 0.25) is 0 Å². The monoisotopic (exact) mass is 714 g/mol. The Morgan fingerprint density at radius 1 is 0.490 bits per heavy atom. The van der Waals surface area contributed by atoms with Gasteiger partial charge in [-0.1, -0.05) is 137 Å². The van der Waals surface area contributed by atoms with E-state index < -0.39 is 34.5 Å². The zero-order valence-electron chi connectivity index (χ0n) is 34.6. The molecular weight excluding hydrogens is 651 g/mol. The number of hydrogen-bond donors (Lipinski definition) is 0. The van der Waals surface area contributed by atoms with Crippen LogP contribution in [-0.2, 0) is 9.31 Å². The highest BCUT2D eigenvalue weighted by Crippen LogP contribution is 2.43. The second-order valence-corrected chi connectivity index (χ2v) is 29.3. The molecular formula is C46H63BO2Si2. The summed E-state index contributed by atoms with van der Waals surface area (Å²) >= 11 is 0. The van der Waals surface area contributed by atoms with Gasteiger partial charge in [-0.05, 0) is 111 Å². The van der Waals surface area contributed by atoms with Crippen molar-refractivity contribution in [3.05, 3.63) is 65.7 Å². The van der Waals surface area contributed by atoms with E-state index >= 15 is 0 Å². The number of rotatable bonds is 7. The lowest BCUT2D eigenvalue weighted by molar-refractivity contribution is 0.00578. The Balaban J connectivity index is 1.90. The normalized spacial score (nSPS) is 16.3. The quantitative estimate of drug-likeness (QED) is 0.108. The minimum absolute atomic E-state index is 0.397. The Kier molecular flexibility index (Phi) is 11.0. The fraction of sp³-hybridized carbons (Fsp3) is 0.522. The highest BCUT2D eigenvalue weighted by molar-refractivity contribution is 6.91. The Hall–Kier alpha value is -2.80. The van der Waals surface area contributed by atoms with Crippen LogP contribution in [0.1, 0.15) is 122 Å². The Morgan fingerprint density at radius 2 is 0.863 bits per heavy atom. The average Bonchev–Trinajstić information content (AvgIpc) is 3.25. The summed E-state index contributed by atoms with van der Waals surface area (Å²) in [5.74, 6) is 7.89. The molecule has 0 saturated carbocycles. The molecule has 5 rings (SSSR count). The van der Waals surface area contributed by atoms with Gasteiger partial charge in [-0.2, -0.15) is 0 Å². The molecule has 1 heterocycles. The van der Waals surface area contributed by atoms with E-state index in [0.717, 1.165) is 16.6 Å². The third-order valence-electron chi connectivity index (χ3n) is 13.1. The molecule has 0 spiro atoms. The van der Waals surface area contributed by atoms with E-state index in [0.29, 0.717) is 33.2 Å². The topological polar surface area (TPSA) is 18.5 Å². The van der Waals surface area contributed by atoms with Gasteiger partial charge >= 0.3 is 7.12 Å². The summed E-state index contributed by atoms with van der Waals surface area (Å²) in [5, 5.41) is 7.16. The number of benzene rings is 4. The molecule has 2 nitrogen and oxygen atoms in total. The molecule has 0 atom stereocenters. The maximum Gasteiger partial charge on any atom is 0.494 e. The predicted molar refractivity (Wildman–Crippen MR) is 231 cm³/mol. The average molecular weight is 715 g/mol. The van der Waals surface area contributed by atoms with Crippen molar-refractivity contribution in [2.24, 2.45) is 0 Å². The van der Waals surface area contributed by atoms with Gasteiger partial charge < -0.3 is 9.31 Å². The summed E-state index contributed by atoms with van der Waals surface area (Å²) < 4.78 is 13.0. The van der Waals surface area contributed by atoms with Gasteiger partial charge in [0.1, 0.15) is 16.1 Å². The Morgan fingerprint density at radius 3 is 1.24 bits per heavy atom. The van der Waals surface area contributed by atoms with E-state index in [1.165, 1.54) is 32.3 Å². The summed E-state index contributed by atoms with van der Waals surface area (Å²) in [5.41, 5.74) is 14.0. The van der Waals surface area contributed by atoms with Crippen molar-refractivity contribution >= 4 is 61.0 Å². The van der Waals surface area contributed by atoms with Crippen molar-refractivity contribution in [2.45, 2.75) is 155 Å². The molecule has 0 aliphatic carbocycles. The van der Waals surface area contributed by atoms with Gasteiger partial charge in [0.25, 0.3) is 0 Å². The Labute approximate surface area is 313 Å². The molecule has 1 aliphatic rings. The van der Waals surface area contributed by atoms with Crippen LogP contribution in [0.3, 0.4) is 0 Å². The van der Waals surface area contributed by atoms with Crippen molar-refractivity contribution in [1.29, 1.82) is 0 Å². The molecule has 0 bridgehead atoms. The zero-order chi connectivity index (χ0) is 37.8. The van der Waals surface area contributed by atoms with E-state index in [4.69, 9.17) is 9.31 Å². The minimum Gasteiger partial charge on any atom is -0.399 e. The lowest BCUT2D eigenvalue weighted by Gasteiger charge is -2.38. The standard InChI is InChI=1S/C46H63BO2Si2/c1-30(2)50(31(3)4,32(5)6)25-23-41-39-19-17-18-20-40(39)42(24-26-51(33(7)8,34(9)10)35(11)12)44-29-37-27-38(22-21-36(37)28-43(41)44)47-48-45(13,14)46(15,16)49-47/h17-22,27-35H,1-16H3. The molecule has 1 fully saturated rings. The first kappa shape index (κ1) is 39.4. The molecule has 4 aromatic rings. The van der Waals surface area contributed by atoms with E-state index in [9.17, 15) is 0 Å². The van der Waals surface area contributed by atoms with E-state index in [2.05, 4.69) is 188 Å². The van der Waals surface area contributed by atoms with E-state index in [1.807, 2.05) is 0 Å². The van der Waals surface area contributed by atoms with Gasteiger partial charge in [-0.15, -0.1) is 11.1 Å². The zero-order valence-corrected chi connectivity index (χ0v) is 36.6. The minimum atomic E-state index is -2.00. The van der Waals surface area contributed by atoms with E-state index in [-0.39, 0.29) is 0 Å². The molecule has 0 aromatic heterocycles. The lowest BCUT2D eigenvalue weighted by atomic mass is 9.78. The van der Waals surface area contributed by atoms with E-state index in [1.54, 1.807) is 0 Å². The van der Waals surface area contributed by atoms with Crippen LogP contribution in [0.25, 0.3) is 32.3 Å². The van der Waals surface area contributed by atoms with Gasteiger partial charge in [0, 0.05) is 11.1 Å². The lowest BCUT2D eigenvalue weighted by Crippen LogP contribution is -2.43. The van der Waals surface area contributed by atoms with Crippen molar-refractivity contribution in [1.82, 2.24) is 0 Å². The van der Waals surface area contributed by atoms with Gasteiger partial charge in [-0.3, -0.25) is 0 Å². The highest BCUT2D eigenvalue weighted by Gasteiger charge is 2.51. The van der Waals surface area contributed by atoms with Gasteiger partial charge in [0.15, 0.2) is 0 Å². The van der Waals surface area contributed by atoms with Crippen LogP contribution in [0.2, 0.25) is 33.2 Å². The summed E-state index contributed by atoms with van der Waals surface area (Å²) in [7, 11) is -4.40. The summed E-state index contributed by atoms with van der Waals surface area (Å²) in [6.07, 6.45) is 0. The van der Waals surface area contributed by atoms with Crippen LogP contribution in [-0.4, -0.2) is 34.5 Å². The summed E-state index contributed by atoms with van der Waals surface area (Å²) in [4.78, 5) is 0. The van der Waals surface area contributed by atoms with Crippen molar-refractivity contribution in [3.8, 4) is 22.9 Å². The molecule has 0 unspecified atom stereocenters. The fourth-order valence-electron chi connectivity index (χ4n) is 9.54. The third-order valence-corrected chi connectivity index (χ3v) is 25.7. The molecule has 1 aliphatic heterocycles. The van der Waals surface area contributed by atoms with Crippen molar-refractivity contribution in [3.63, 3.8) is 0 Å². The van der Waals surface area contributed by atoms with Crippen LogP contribution in [0.5, 0.6) is 0 Å². The van der Waals surface area contributed by atoms with Crippen molar-refractivity contribution < 1.29 is 9.31 Å². The van der Waals surface area contributed by atoms with Crippen LogP contribution in [0, 0.1) is 22.9 Å². The molecule has 5 heteroatoms. The SMILES string of the molecule is CC(C)[Si](C#Cc1c2ccccc2c(C#C[Si](C(C)C)(C(C)C)C(C)C)c2cc3cc(B4OC(C)(C)C(C)(C)O4)ccc3cc12)(C(C)C)C(C)C. The molecule has 51 heavy (non-hydrogen) atoms. The van der Waals surface area contributed by atoms with Crippen LogP contribution < -0.4 is 5.46 Å². The largest absolute Gasteiger partial charge is 0.494 e. The molecule has 1 saturated heterocycles. The van der Waals surface area contributed by atoms with Crippen LogP contribution in [0.15, 0.2) is 54.6 Å². The molecule has 270 valence electrons. The first-order chi connectivity index (χ1) is 23.7. The summed E-state index contributed by atoms with van der Waals surface area (Å²) in [6.45, 7) is 37.2. The van der Waals surface area contributed by atoms with Gasteiger partial charge in [0.05, 0.1) is 11.2 Å². The fourth-order valence-corrected chi connectivity index (χ4v) is 20.0. The first-order valence-electron chi connectivity index (χ1n) is 19.5. The number of hydrogen-bond acceptors (Lipinski definition) is 2. The maximum absolute atomic E-state index is 6.50. The Bertz CT molecular complexity index is 2000. The van der Waals surface area contributed by atoms with Crippen LogP contribution in [0.4, 0.5) is 0 Å². The highest BCUT2D eigenvalue weighted by atomic mass is 28.3. The molecule has 0 radical (unpaired) electrons.